The molecule has 0 bridgehead atoms. The molecule has 2 heteroatoms. The maximum atomic E-state index is 5.78. The highest BCUT2D eigenvalue weighted by atomic mass is 15.1. The molecule has 1 unspecified atom stereocenters. The van der Waals surface area contributed by atoms with Crippen LogP contribution in [0.25, 0.3) is 0 Å². The smallest absolute Gasteiger partial charge is 0.0411 e. The minimum Gasteiger partial charge on any atom is -0.374 e. The molecule has 0 saturated carbocycles. The third-order valence-electron chi connectivity index (χ3n) is 3.15. The number of hydrogen-bond donors (Lipinski definition) is 1. The van der Waals surface area contributed by atoms with Crippen molar-refractivity contribution in [3.63, 3.8) is 0 Å². The summed E-state index contributed by atoms with van der Waals surface area (Å²) in [5.41, 5.74) is 9.58. The molecule has 0 aromatic heterocycles. The van der Waals surface area contributed by atoms with Crippen LogP contribution in [-0.2, 0) is 6.54 Å². The van der Waals surface area contributed by atoms with Gasteiger partial charge in [-0.05, 0) is 30.0 Å². The number of aryl methyl sites for hydroxylation is 1. The van der Waals surface area contributed by atoms with Gasteiger partial charge in [-0.2, -0.15) is 0 Å². The van der Waals surface area contributed by atoms with Crippen LogP contribution in [0.1, 0.15) is 31.4 Å². The highest BCUT2D eigenvalue weighted by molar-refractivity contribution is 5.55. The van der Waals surface area contributed by atoms with Gasteiger partial charge in [0.1, 0.15) is 0 Å². The van der Waals surface area contributed by atoms with Gasteiger partial charge in [0.15, 0.2) is 0 Å². The highest BCUT2D eigenvalue weighted by Gasteiger charge is 2.09. The Kier molecular flexibility index (Phi) is 4.81. The molecule has 0 aliphatic rings. The molecule has 2 nitrogen and oxygen atoms in total. The Bertz CT molecular complexity index is 334. The number of hydrogen-bond acceptors (Lipinski definition) is 2. The van der Waals surface area contributed by atoms with E-state index < -0.39 is 0 Å². The lowest BCUT2D eigenvalue weighted by Crippen LogP contribution is -2.25. The lowest BCUT2D eigenvalue weighted by molar-refractivity contribution is 0.559. The quantitative estimate of drug-likeness (QED) is 0.826. The van der Waals surface area contributed by atoms with E-state index in [0.29, 0.717) is 6.54 Å². The number of nitrogens with two attached hydrogens (primary N) is 1. The standard InChI is InChI=1S/C14H24N2/c1-5-11(2)10-16(4)14-8-12(3)6-7-13(14)9-15/h6-8,11H,5,9-10,15H2,1-4H3. The minimum absolute atomic E-state index is 0.612. The maximum Gasteiger partial charge on any atom is 0.0411 e. The van der Waals surface area contributed by atoms with Gasteiger partial charge in [-0.1, -0.05) is 32.4 Å². The van der Waals surface area contributed by atoms with Crippen molar-refractivity contribution >= 4 is 5.69 Å². The summed E-state index contributed by atoms with van der Waals surface area (Å²) in [5.74, 6) is 0.719. The molecule has 0 saturated heterocycles. The summed E-state index contributed by atoms with van der Waals surface area (Å²) in [7, 11) is 2.15. The van der Waals surface area contributed by atoms with Gasteiger partial charge in [-0.3, -0.25) is 0 Å². The monoisotopic (exact) mass is 220 g/mol. The largest absolute Gasteiger partial charge is 0.374 e. The van der Waals surface area contributed by atoms with Crippen molar-refractivity contribution in [1.29, 1.82) is 0 Å². The number of nitrogens with zero attached hydrogens (tertiary/aromatic N) is 1. The van der Waals surface area contributed by atoms with Gasteiger partial charge in [-0.25, -0.2) is 0 Å². The van der Waals surface area contributed by atoms with Gasteiger partial charge in [0.05, 0.1) is 0 Å². The van der Waals surface area contributed by atoms with E-state index in [4.69, 9.17) is 5.73 Å². The molecule has 1 aromatic rings. The van der Waals surface area contributed by atoms with Crippen LogP contribution in [-0.4, -0.2) is 13.6 Å². The van der Waals surface area contributed by atoms with E-state index in [2.05, 4.69) is 50.9 Å². The van der Waals surface area contributed by atoms with E-state index in [0.717, 1.165) is 12.5 Å². The van der Waals surface area contributed by atoms with Crippen molar-refractivity contribution in [2.45, 2.75) is 33.7 Å². The Morgan fingerprint density at radius 3 is 2.62 bits per heavy atom. The van der Waals surface area contributed by atoms with Crippen LogP contribution in [0, 0.1) is 12.8 Å². The highest BCUT2D eigenvalue weighted by Crippen LogP contribution is 2.22. The van der Waals surface area contributed by atoms with Crippen LogP contribution in [0.2, 0.25) is 0 Å². The second-order valence-electron chi connectivity index (χ2n) is 4.73. The van der Waals surface area contributed by atoms with Crippen LogP contribution < -0.4 is 10.6 Å². The molecule has 0 spiro atoms. The van der Waals surface area contributed by atoms with Crippen LogP contribution in [0.5, 0.6) is 0 Å². The van der Waals surface area contributed by atoms with Crippen molar-refractivity contribution in [3.8, 4) is 0 Å². The van der Waals surface area contributed by atoms with Crippen molar-refractivity contribution < 1.29 is 0 Å². The Labute approximate surface area is 99.5 Å². The van der Waals surface area contributed by atoms with Gasteiger partial charge >= 0.3 is 0 Å². The normalized spacial score (nSPS) is 12.6. The Balaban J connectivity index is 2.88. The minimum atomic E-state index is 0.612. The van der Waals surface area contributed by atoms with E-state index in [9.17, 15) is 0 Å². The van der Waals surface area contributed by atoms with Gasteiger partial charge in [0.2, 0.25) is 0 Å². The molecule has 90 valence electrons. The fourth-order valence-corrected chi connectivity index (χ4v) is 1.90. The average Bonchev–Trinajstić information content (AvgIpc) is 2.28. The van der Waals surface area contributed by atoms with Gasteiger partial charge in [0, 0.05) is 25.8 Å². The average molecular weight is 220 g/mol. The topological polar surface area (TPSA) is 29.3 Å². The van der Waals surface area contributed by atoms with E-state index in [1.54, 1.807) is 0 Å². The van der Waals surface area contributed by atoms with Gasteiger partial charge in [-0.15, -0.1) is 0 Å². The molecule has 16 heavy (non-hydrogen) atoms. The van der Waals surface area contributed by atoms with Crippen LogP contribution in [0.15, 0.2) is 18.2 Å². The molecule has 0 heterocycles. The SMILES string of the molecule is CCC(C)CN(C)c1cc(C)ccc1CN. The van der Waals surface area contributed by atoms with Crippen molar-refractivity contribution in [2.75, 3.05) is 18.5 Å². The summed E-state index contributed by atoms with van der Waals surface area (Å²) in [4.78, 5) is 2.32. The van der Waals surface area contributed by atoms with Gasteiger partial charge in [0.25, 0.3) is 0 Å². The van der Waals surface area contributed by atoms with Crippen LogP contribution >= 0.6 is 0 Å². The first kappa shape index (κ1) is 13.0. The van der Waals surface area contributed by atoms with Crippen LogP contribution in [0.3, 0.4) is 0 Å². The third kappa shape index (κ3) is 3.24. The predicted octanol–water partition coefficient (Wildman–Crippen LogP) is 2.94. The Morgan fingerprint density at radius 1 is 1.38 bits per heavy atom. The molecule has 0 amide bonds. The zero-order valence-corrected chi connectivity index (χ0v) is 11.0. The summed E-state index contributed by atoms with van der Waals surface area (Å²) in [5, 5.41) is 0. The molecule has 0 aliphatic heterocycles. The molecule has 1 atom stereocenters. The molecule has 2 N–H and O–H groups in total. The lowest BCUT2D eigenvalue weighted by Gasteiger charge is -2.25. The van der Waals surface area contributed by atoms with Gasteiger partial charge < -0.3 is 10.6 Å². The first-order valence-corrected chi connectivity index (χ1v) is 6.09. The van der Waals surface area contributed by atoms with Crippen molar-refractivity contribution in [1.82, 2.24) is 0 Å². The number of anilines is 1. The van der Waals surface area contributed by atoms with E-state index in [1.165, 1.54) is 23.2 Å². The second-order valence-corrected chi connectivity index (χ2v) is 4.73. The Hall–Kier alpha value is -1.02. The second kappa shape index (κ2) is 5.90. The summed E-state index contributed by atoms with van der Waals surface area (Å²) < 4.78 is 0. The van der Waals surface area contributed by atoms with E-state index in [-0.39, 0.29) is 0 Å². The number of benzene rings is 1. The first-order chi connectivity index (χ1) is 7.58. The zero-order chi connectivity index (χ0) is 12.1. The number of rotatable bonds is 5. The fourth-order valence-electron chi connectivity index (χ4n) is 1.90. The van der Waals surface area contributed by atoms with E-state index in [1.807, 2.05) is 0 Å². The molecular weight excluding hydrogens is 196 g/mol. The summed E-state index contributed by atoms with van der Waals surface area (Å²) >= 11 is 0. The summed E-state index contributed by atoms with van der Waals surface area (Å²) in [6, 6.07) is 6.49. The fraction of sp³-hybridized carbons (Fsp3) is 0.571. The predicted molar refractivity (Wildman–Crippen MR) is 71.8 cm³/mol. The molecule has 0 radical (unpaired) electrons. The molecule has 0 fully saturated rings. The van der Waals surface area contributed by atoms with E-state index >= 15 is 0 Å². The molecule has 0 aliphatic carbocycles. The van der Waals surface area contributed by atoms with Crippen molar-refractivity contribution in [3.05, 3.63) is 29.3 Å². The molecule has 1 rings (SSSR count). The first-order valence-electron chi connectivity index (χ1n) is 6.09. The van der Waals surface area contributed by atoms with Crippen LogP contribution in [0.4, 0.5) is 5.69 Å². The third-order valence-corrected chi connectivity index (χ3v) is 3.15. The molecule has 1 aromatic carbocycles. The lowest BCUT2D eigenvalue weighted by atomic mass is 10.1. The molecular formula is C14H24N2. The summed E-state index contributed by atoms with van der Waals surface area (Å²) in [6.45, 7) is 8.35. The van der Waals surface area contributed by atoms with Crippen molar-refractivity contribution in [2.24, 2.45) is 11.7 Å². The Morgan fingerprint density at radius 2 is 2.06 bits per heavy atom. The maximum absolute atomic E-state index is 5.78. The summed E-state index contributed by atoms with van der Waals surface area (Å²) in [6.07, 6.45) is 1.22. The zero-order valence-electron chi connectivity index (χ0n) is 11.0.